The van der Waals surface area contributed by atoms with Crippen molar-refractivity contribution in [2.45, 2.75) is 44.9 Å². The topological polar surface area (TPSA) is 26.3 Å². The molecule has 100 valence electrons. The normalized spacial score (nSPS) is 25.9. The predicted molar refractivity (Wildman–Crippen MR) is 75.6 cm³/mol. The number of rotatable bonds is 1. The Bertz CT molecular complexity index is 583. The Balaban J connectivity index is 2.17. The molecule has 1 aromatic rings. The summed E-state index contributed by atoms with van der Waals surface area (Å²) in [6, 6.07) is 6.39. The third-order valence-corrected chi connectivity index (χ3v) is 4.94. The molecule has 1 atom stereocenters. The summed E-state index contributed by atoms with van der Waals surface area (Å²) in [7, 11) is 1.71. The Labute approximate surface area is 114 Å². The van der Waals surface area contributed by atoms with Gasteiger partial charge in [0, 0.05) is 11.8 Å². The van der Waals surface area contributed by atoms with Gasteiger partial charge in [-0.1, -0.05) is 18.6 Å². The number of fused-ring (bicyclic) bond motifs is 3. The standard InChI is InChI=1S/C17H20O2/c1-11-14-6-4-12-10-13(19-3)5-7-15(12)17(14,2)9-8-16(11)18/h5,7,10H,4,6,8-9H2,1-3H3/t17-/m0/s1. The van der Waals surface area contributed by atoms with E-state index in [4.69, 9.17) is 4.74 Å². The maximum atomic E-state index is 11.9. The molecule has 0 saturated carbocycles. The highest BCUT2D eigenvalue weighted by Gasteiger charge is 2.41. The number of hydrogen-bond acceptors (Lipinski definition) is 2. The van der Waals surface area contributed by atoms with Gasteiger partial charge < -0.3 is 4.74 Å². The molecule has 0 N–H and O–H groups in total. The van der Waals surface area contributed by atoms with Gasteiger partial charge in [0.1, 0.15) is 5.75 Å². The highest BCUT2D eigenvalue weighted by molar-refractivity contribution is 5.97. The van der Waals surface area contributed by atoms with Crippen molar-refractivity contribution in [3.63, 3.8) is 0 Å². The zero-order valence-corrected chi connectivity index (χ0v) is 11.9. The second-order valence-electron chi connectivity index (χ2n) is 5.88. The molecule has 0 spiro atoms. The number of hydrogen-bond donors (Lipinski definition) is 0. The summed E-state index contributed by atoms with van der Waals surface area (Å²) >= 11 is 0. The van der Waals surface area contributed by atoms with E-state index in [1.807, 2.05) is 13.0 Å². The third-order valence-electron chi connectivity index (χ3n) is 4.94. The third kappa shape index (κ3) is 1.73. The molecular formula is C17H20O2. The van der Waals surface area contributed by atoms with Crippen LogP contribution in [-0.2, 0) is 16.6 Å². The van der Waals surface area contributed by atoms with E-state index in [9.17, 15) is 4.79 Å². The fourth-order valence-electron chi connectivity index (χ4n) is 3.75. The van der Waals surface area contributed by atoms with Gasteiger partial charge >= 0.3 is 0 Å². The van der Waals surface area contributed by atoms with Gasteiger partial charge in [-0.25, -0.2) is 0 Å². The number of Topliss-reactive ketones (excluding diaryl/α,β-unsaturated/α-hetero) is 1. The molecule has 0 bridgehead atoms. The first kappa shape index (κ1) is 12.5. The Morgan fingerprint density at radius 2 is 2.00 bits per heavy atom. The number of allylic oxidation sites excluding steroid dienone is 2. The molecular weight excluding hydrogens is 236 g/mol. The van der Waals surface area contributed by atoms with Crippen molar-refractivity contribution in [3.8, 4) is 5.75 Å². The van der Waals surface area contributed by atoms with E-state index in [1.54, 1.807) is 7.11 Å². The minimum Gasteiger partial charge on any atom is -0.497 e. The van der Waals surface area contributed by atoms with Crippen molar-refractivity contribution in [3.05, 3.63) is 40.5 Å². The van der Waals surface area contributed by atoms with Gasteiger partial charge in [0.15, 0.2) is 5.78 Å². The van der Waals surface area contributed by atoms with Gasteiger partial charge in [-0.3, -0.25) is 4.79 Å². The van der Waals surface area contributed by atoms with Crippen LogP contribution in [0.3, 0.4) is 0 Å². The number of carbonyl (C=O) groups is 1. The van der Waals surface area contributed by atoms with Crippen molar-refractivity contribution < 1.29 is 9.53 Å². The fraction of sp³-hybridized carbons (Fsp3) is 0.471. The van der Waals surface area contributed by atoms with Crippen LogP contribution in [0.15, 0.2) is 29.3 Å². The van der Waals surface area contributed by atoms with E-state index < -0.39 is 0 Å². The van der Waals surface area contributed by atoms with Crippen LogP contribution in [0.5, 0.6) is 5.75 Å². The molecule has 0 aromatic heterocycles. The van der Waals surface area contributed by atoms with Crippen LogP contribution in [0.2, 0.25) is 0 Å². The molecule has 2 aliphatic carbocycles. The zero-order valence-electron chi connectivity index (χ0n) is 11.9. The largest absolute Gasteiger partial charge is 0.497 e. The van der Waals surface area contributed by atoms with Crippen LogP contribution in [0.4, 0.5) is 0 Å². The predicted octanol–water partition coefficient (Wildman–Crippen LogP) is 3.58. The highest BCUT2D eigenvalue weighted by Crippen LogP contribution is 2.48. The summed E-state index contributed by atoms with van der Waals surface area (Å²) in [5, 5.41) is 0. The fourth-order valence-corrected chi connectivity index (χ4v) is 3.75. The van der Waals surface area contributed by atoms with Gasteiger partial charge in [0.2, 0.25) is 0 Å². The molecule has 19 heavy (non-hydrogen) atoms. The monoisotopic (exact) mass is 256 g/mol. The number of carbonyl (C=O) groups excluding carboxylic acids is 1. The van der Waals surface area contributed by atoms with Crippen LogP contribution in [-0.4, -0.2) is 12.9 Å². The number of benzene rings is 1. The molecule has 0 fully saturated rings. The Morgan fingerprint density at radius 1 is 1.21 bits per heavy atom. The molecule has 3 rings (SSSR count). The van der Waals surface area contributed by atoms with Crippen molar-refractivity contribution in [1.29, 1.82) is 0 Å². The summed E-state index contributed by atoms with van der Waals surface area (Å²) in [5.74, 6) is 1.27. The maximum absolute atomic E-state index is 11.9. The summed E-state index contributed by atoms with van der Waals surface area (Å²) < 4.78 is 5.32. The second-order valence-corrected chi connectivity index (χ2v) is 5.88. The van der Waals surface area contributed by atoms with Gasteiger partial charge in [-0.2, -0.15) is 0 Å². The highest BCUT2D eigenvalue weighted by atomic mass is 16.5. The Hall–Kier alpha value is -1.57. The van der Waals surface area contributed by atoms with E-state index in [1.165, 1.54) is 16.7 Å². The van der Waals surface area contributed by atoms with E-state index in [2.05, 4.69) is 19.1 Å². The zero-order chi connectivity index (χ0) is 13.6. The SMILES string of the molecule is COc1ccc2c(c1)CCC1=C(C)C(=O)CC[C@@]12C. The number of methoxy groups -OCH3 is 1. The molecule has 2 aliphatic rings. The van der Waals surface area contributed by atoms with Gasteiger partial charge in [-0.05, 0) is 55.0 Å². The summed E-state index contributed by atoms with van der Waals surface area (Å²) in [5.41, 5.74) is 5.20. The average Bonchev–Trinajstić information content (AvgIpc) is 2.43. The van der Waals surface area contributed by atoms with Crippen molar-refractivity contribution in [2.24, 2.45) is 0 Å². The Morgan fingerprint density at radius 3 is 2.74 bits per heavy atom. The first-order chi connectivity index (χ1) is 9.06. The van der Waals surface area contributed by atoms with Crippen molar-refractivity contribution >= 4 is 5.78 Å². The molecule has 1 aromatic carbocycles. The summed E-state index contributed by atoms with van der Waals surface area (Å²) in [6.07, 6.45) is 3.64. The van der Waals surface area contributed by atoms with Gasteiger partial charge in [0.25, 0.3) is 0 Å². The molecule has 2 heteroatoms. The molecule has 0 aliphatic heterocycles. The molecule has 0 radical (unpaired) electrons. The van der Waals surface area contributed by atoms with E-state index >= 15 is 0 Å². The van der Waals surface area contributed by atoms with Gasteiger partial charge in [0.05, 0.1) is 7.11 Å². The number of ether oxygens (including phenoxy) is 1. The second kappa shape index (κ2) is 4.22. The lowest BCUT2D eigenvalue weighted by molar-refractivity contribution is -0.116. The lowest BCUT2D eigenvalue weighted by Crippen LogP contribution is -2.36. The van der Waals surface area contributed by atoms with Crippen molar-refractivity contribution in [2.75, 3.05) is 7.11 Å². The smallest absolute Gasteiger partial charge is 0.158 e. The minimum absolute atomic E-state index is 0.0534. The lowest BCUT2D eigenvalue weighted by atomic mass is 9.61. The van der Waals surface area contributed by atoms with Crippen molar-refractivity contribution in [1.82, 2.24) is 0 Å². The van der Waals surface area contributed by atoms with Gasteiger partial charge in [-0.15, -0.1) is 0 Å². The summed E-state index contributed by atoms with van der Waals surface area (Å²) in [6.45, 7) is 4.30. The summed E-state index contributed by atoms with van der Waals surface area (Å²) in [4.78, 5) is 11.9. The first-order valence-corrected chi connectivity index (χ1v) is 6.97. The van der Waals surface area contributed by atoms with Crippen LogP contribution in [0, 0.1) is 0 Å². The first-order valence-electron chi connectivity index (χ1n) is 6.97. The quantitative estimate of drug-likeness (QED) is 0.767. The van der Waals surface area contributed by atoms with Crippen LogP contribution in [0.25, 0.3) is 0 Å². The molecule has 0 saturated heterocycles. The average molecular weight is 256 g/mol. The van der Waals surface area contributed by atoms with E-state index in [0.29, 0.717) is 12.2 Å². The molecule has 0 amide bonds. The lowest BCUT2D eigenvalue weighted by Gasteiger charge is -2.42. The molecule has 0 unspecified atom stereocenters. The number of aryl methyl sites for hydroxylation is 1. The minimum atomic E-state index is 0.0534. The van der Waals surface area contributed by atoms with Crippen LogP contribution in [0.1, 0.15) is 44.2 Å². The van der Waals surface area contributed by atoms with Crippen LogP contribution >= 0.6 is 0 Å². The molecule has 0 heterocycles. The van der Waals surface area contributed by atoms with E-state index in [-0.39, 0.29) is 5.41 Å². The Kier molecular flexibility index (Phi) is 2.77. The van der Waals surface area contributed by atoms with E-state index in [0.717, 1.165) is 30.6 Å². The van der Waals surface area contributed by atoms with Crippen LogP contribution < -0.4 is 4.74 Å². The molecule has 2 nitrogen and oxygen atoms in total. The number of ketones is 1. The maximum Gasteiger partial charge on any atom is 0.158 e.